The second-order valence-corrected chi connectivity index (χ2v) is 8.36. The average Bonchev–Trinajstić information content (AvgIpc) is 2.97. The van der Waals surface area contributed by atoms with E-state index in [0.29, 0.717) is 11.5 Å². The van der Waals surface area contributed by atoms with Crippen LogP contribution in [-0.2, 0) is 4.74 Å². The van der Waals surface area contributed by atoms with Crippen LogP contribution < -0.4 is 10.6 Å². The quantitative estimate of drug-likeness (QED) is 0.286. The SMILES string of the molecule is CCNC(=NCC1(CCOC)CCC1)NC[C@H]1CCCN1CC(C)C.I. The summed E-state index contributed by atoms with van der Waals surface area (Å²) in [4.78, 5) is 7.57. The van der Waals surface area contributed by atoms with Crippen molar-refractivity contribution in [3.63, 3.8) is 0 Å². The summed E-state index contributed by atoms with van der Waals surface area (Å²) in [6, 6.07) is 0.650. The lowest BCUT2D eigenvalue weighted by Gasteiger charge is -2.40. The van der Waals surface area contributed by atoms with Crippen molar-refractivity contribution in [3.05, 3.63) is 0 Å². The zero-order chi connectivity index (χ0) is 18.1. The molecular formula is C20H41IN4O. The number of nitrogens with zero attached hydrogens (tertiary/aromatic N) is 2. The summed E-state index contributed by atoms with van der Waals surface area (Å²) in [5, 5.41) is 7.04. The van der Waals surface area contributed by atoms with E-state index in [-0.39, 0.29) is 24.0 Å². The monoisotopic (exact) mass is 480 g/mol. The fourth-order valence-electron chi connectivity index (χ4n) is 4.12. The van der Waals surface area contributed by atoms with E-state index in [1.807, 2.05) is 0 Å². The zero-order valence-electron chi connectivity index (χ0n) is 17.4. The van der Waals surface area contributed by atoms with Gasteiger partial charge in [-0.2, -0.15) is 0 Å². The largest absolute Gasteiger partial charge is 0.385 e. The second kappa shape index (κ2) is 12.4. The molecule has 154 valence electrons. The minimum atomic E-state index is 0. The summed E-state index contributed by atoms with van der Waals surface area (Å²) in [7, 11) is 1.80. The van der Waals surface area contributed by atoms with Crippen molar-refractivity contribution >= 4 is 29.9 Å². The average molecular weight is 480 g/mol. The predicted octanol–water partition coefficient (Wildman–Crippen LogP) is 3.49. The third-order valence-electron chi connectivity index (χ3n) is 5.77. The van der Waals surface area contributed by atoms with E-state index in [1.165, 1.54) is 45.2 Å². The van der Waals surface area contributed by atoms with E-state index < -0.39 is 0 Å². The van der Waals surface area contributed by atoms with Crippen LogP contribution in [0.2, 0.25) is 0 Å². The smallest absolute Gasteiger partial charge is 0.191 e. The second-order valence-electron chi connectivity index (χ2n) is 8.36. The van der Waals surface area contributed by atoms with E-state index >= 15 is 0 Å². The van der Waals surface area contributed by atoms with Crippen molar-refractivity contribution in [1.82, 2.24) is 15.5 Å². The molecule has 2 N–H and O–H groups in total. The zero-order valence-corrected chi connectivity index (χ0v) is 19.7. The molecule has 0 spiro atoms. The molecule has 1 aliphatic carbocycles. The van der Waals surface area contributed by atoms with Crippen molar-refractivity contribution < 1.29 is 4.74 Å². The van der Waals surface area contributed by atoms with E-state index in [1.54, 1.807) is 7.11 Å². The van der Waals surface area contributed by atoms with Crippen molar-refractivity contribution in [2.75, 3.05) is 46.4 Å². The molecule has 6 heteroatoms. The molecule has 1 heterocycles. The van der Waals surface area contributed by atoms with Gasteiger partial charge in [0.25, 0.3) is 0 Å². The van der Waals surface area contributed by atoms with Gasteiger partial charge in [0.1, 0.15) is 0 Å². The Morgan fingerprint density at radius 2 is 2.04 bits per heavy atom. The summed E-state index contributed by atoms with van der Waals surface area (Å²) >= 11 is 0. The highest BCUT2D eigenvalue weighted by atomic mass is 127. The first-order valence-corrected chi connectivity index (χ1v) is 10.3. The first-order valence-electron chi connectivity index (χ1n) is 10.3. The van der Waals surface area contributed by atoms with Gasteiger partial charge in [-0.05, 0) is 56.9 Å². The maximum absolute atomic E-state index is 5.30. The number of aliphatic imine (C=N–C) groups is 1. The lowest BCUT2D eigenvalue weighted by Crippen LogP contribution is -2.46. The Labute approximate surface area is 178 Å². The molecule has 0 aromatic rings. The highest BCUT2D eigenvalue weighted by Gasteiger charge is 2.36. The molecule has 2 aliphatic rings. The first kappa shape index (κ1) is 24.0. The molecule has 1 atom stereocenters. The van der Waals surface area contributed by atoms with Gasteiger partial charge in [0.05, 0.1) is 0 Å². The number of likely N-dealkylation sites (tertiary alicyclic amines) is 1. The van der Waals surface area contributed by atoms with Gasteiger partial charge in [-0.15, -0.1) is 24.0 Å². The van der Waals surface area contributed by atoms with Crippen molar-refractivity contribution in [2.45, 2.75) is 65.3 Å². The predicted molar refractivity (Wildman–Crippen MR) is 122 cm³/mol. The van der Waals surface area contributed by atoms with E-state index in [0.717, 1.165) is 44.5 Å². The van der Waals surface area contributed by atoms with Crippen LogP contribution in [-0.4, -0.2) is 63.3 Å². The van der Waals surface area contributed by atoms with Crippen molar-refractivity contribution in [2.24, 2.45) is 16.3 Å². The normalized spacial score (nSPS) is 22.8. The van der Waals surface area contributed by atoms with Crippen LogP contribution in [0.25, 0.3) is 0 Å². The molecule has 0 amide bonds. The molecular weight excluding hydrogens is 439 g/mol. The van der Waals surface area contributed by atoms with Gasteiger partial charge in [0, 0.05) is 45.9 Å². The minimum absolute atomic E-state index is 0. The lowest BCUT2D eigenvalue weighted by atomic mass is 9.67. The lowest BCUT2D eigenvalue weighted by molar-refractivity contribution is 0.0778. The number of halogens is 1. The molecule has 5 nitrogen and oxygen atoms in total. The summed E-state index contributed by atoms with van der Waals surface area (Å²) in [5.41, 5.74) is 0.384. The van der Waals surface area contributed by atoms with Gasteiger partial charge in [-0.1, -0.05) is 20.3 Å². The Balaban J connectivity index is 0.00000338. The standard InChI is InChI=1S/C20H40N4O.HI/c1-5-21-19(23-16-20(9-7-10-20)11-13-25-4)22-14-18-8-6-12-24(18)15-17(2)3;/h17-18H,5-16H2,1-4H3,(H2,21,22,23);1H/t18-;/m1./s1. The summed E-state index contributed by atoms with van der Waals surface area (Å²) in [6.07, 6.45) is 7.70. The highest BCUT2D eigenvalue weighted by Crippen LogP contribution is 2.44. The Kier molecular flexibility index (Phi) is 11.4. The fourth-order valence-corrected chi connectivity index (χ4v) is 4.12. The third kappa shape index (κ3) is 7.50. The molecule has 0 radical (unpaired) electrons. The van der Waals surface area contributed by atoms with Crippen LogP contribution in [0, 0.1) is 11.3 Å². The first-order chi connectivity index (χ1) is 12.1. The molecule has 1 saturated carbocycles. The molecule has 0 unspecified atom stereocenters. The van der Waals surface area contributed by atoms with Crippen LogP contribution in [0.15, 0.2) is 4.99 Å². The topological polar surface area (TPSA) is 48.9 Å². The van der Waals surface area contributed by atoms with Gasteiger partial charge >= 0.3 is 0 Å². The maximum Gasteiger partial charge on any atom is 0.191 e. The van der Waals surface area contributed by atoms with E-state index in [2.05, 4.69) is 36.3 Å². The molecule has 0 aromatic carbocycles. The van der Waals surface area contributed by atoms with Crippen LogP contribution in [0.3, 0.4) is 0 Å². The summed E-state index contributed by atoms with van der Waals surface area (Å²) < 4.78 is 5.30. The van der Waals surface area contributed by atoms with Crippen LogP contribution in [0.5, 0.6) is 0 Å². The molecule has 2 fully saturated rings. The molecule has 26 heavy (non-hydrogen) atoms. The van der Waals surface area contributed by atoms with Crippen molar-refractivity contribution in [1.29, 1.82) is 0 Å². The number of rotatable bonds is 10. The fraction of sp³-hybridized carbons (Fsp3) is 0.950. The minimum Gasteiger partial charge on any atom is -0.385 e. The van der Waals surface area contributed by atoms with Gasteiger partial charge in [0.15, 0.2) is 5.96 Å². The van der Waals surface area contributed by atoms with Crippen LogP contribution in [0.1, 0.15) is 59.3 Å². The number of nitrogens with one attached hydrogen (secondary N) is 2. The van der Waals surface area contributed by atoms with Gasteiger partial charge < -0.3 is 15.4 Å². The number of methoxy groups -OCH3 is 1. The molecule has 0 bridgehead atoms. The van der Waals surface area contributed by atoms with Crippen LogP contribution in [0.4, 0.5) is 0 Å². The molecule has 0 aromatic heterocycles. The Morgan fingerprint density at radius 1 is 1.27 bits per heavy atom. The number of ether oxygens (including phenoxy) is 1. The van der Waals surface area contributed by atoms with E-state index in [4.69, 9.17) is 9.73 Å². The maximum atomic E-state index is 5.30. The molecule has 1 aliphatic heterocycles. The van der Waals surface area contributed by atoms with Gasteiger partial charge in [0.2, 0.25) is 0 Å². The highest BCUT2D eigenvalue weighted by molar-refractivity contribution is 14.0. The number of hydrogen-bond donors (Lipinski definition) is 2. The summed E-state index contributed by atoms with van der Waals surface area (Å²) in [5.74, 6) is 1.73. The van der Waals surface area contributed by atoms with Crippen LogP contribution >= 0.6 is 24.0 Å². The summed E-state index contributed by atoms with van der Waals surface area (Å²) in [6.45, 7) is 12.9. The number of guanidine groups is 1. The Hall–Kier alpha value is -0.0800. The Morgan fingerprint density at radius 3 is 2.62 bits per heavy atom. The Bertz CT molecular complexity index is 413. The van der Waals surface area contributed by atoms with Crippen molar-refractivity contribution in [3.8, 4) is 0 Å². The molecule has 1 saturated heterocycles. The van der Waals surface area contributed by atoms with Gasteiger partial charge in [-0.25, -0.2) is 0 Å². The number of hydrogen-bond acceptors (Lipinski definition) is 3. The van der Waals surface area contributed by atoms with E-state index in [9.17, 15) is 0 Å². The third-order valence-corrected chi connectivity index (χ3v) is 5.77. The van der Waals surface area contributed by atoms with Gasteiger partial charge in [-0.3, -0.25) is 9.89 Å². The molecule has 2 rings (SSSR count).